The third-order valence-electron chi connectivity index (χ3n) is 6.34. The third-order valence-corrected chi connectivity index (χ3v) is 6.34. The molecule has 0 aliphatic carbocycles. The number of anilines is 1. The Hall–Kier alpha value is -1.10. The Balaban J connectivity index is 1.21. The van der Waals surface area contributed by atoms with E-state index >= 15 is 0 Å². The molecule has 3 saturated heterocycles. The van der Waals surface area contributed by atoms with Crippen molar-refractivity contribution in [3.63, 3.8) is 0 Å². The molecule has 3 aliphatic heterocycles. The number of likely N-dealkylation sites (tertiary alicyclic amines) is 2. The summed E-state index contributed by atoms with van der Waals surface area (Å²) in [5.41, 5.74) is 3.39. The van der Waals surface area contributed by atoms with E-state index in [9.17, 15) is 0 Å². The Kier molecular flexibility index (Phi) is 4.54. The second kappa shape index (κ2) is 6.66. The second-order valence-corrected chi connectivity index (χ2v) is 8.37. The van der Waals surface area contributed by atoms with Crippen molar-refractivity contribution in [1.29, 1.82) is 0 Å². The van der Waals surface area contributed by atoms with Crippen molar-refractivity contribution in [3.8, 4) is 0 Å². The van der Waals surface area contributed by atoms with Crippen LogP contribution in [-0.4, -0.2) is 80.8 Å². The van der Waals surface area contributed by atoms with Crippen LogP contribution < -0.4 is 4.90 Å². The van der Waals surface area contributed by atoms with Gasteiger partial charge in [-0.1, -0.05) is 17.7 Å². The molecule has 1 spiro atoms. The Morgan fingerprint density at radius 2 is 1.46 bits per heavy atom. The quantitative estimate of drug-likeness (QED) is 0.842. The SMILES string of the molecule is Cc1ccc(N2CCN(CN3CC4(CCN(C)CC4)C3)CC2)cc1. The summed E-state index contributed by atoms with van der Waals surface area (Å²) >= 11 is 0. The third kappa shape index (κ3) is 3.46. The molecule has 0 atom stereocenters. The maximum Gasteiger partial charge on any atom is 0.0508 e. The van der Waals surface area contributed by atoms with E-state index in [4.69, 9.17) is 0 Å². The van der Waals surface area contributed by atoms with Crippen molar-refractivity contribution >= 4 is 5.69 Å². The van der Waals surface area contributed by atoms with Crippen LogP contribution in [0.1, 0.15) is 18.4 Å². The highest BCUT2D eigenvalue weighted by molar-refractivity contribution is 5.47. The molecule has 0 bridgehead atoms. The van der Waals surface area contributed by atoms with Crippen molar-refractivity contribution in [2.75, 3.05) is 71.0 Å². The zero-order valence-corrected chi connectivity index (χ0v) is 15.4. The molecule has 0 amide bonds. The van der Waals surface area contributed by atoms with Crippen molar-refractivity contribution in [2.45, 2.75) is 19.8 Å². The van der Waals surface area contributed by atoms with E-state index in [1.54, 1.807) is 0 Å². The van der Waals surface area contributed by atoms with Crippen molar-refractivity contribution < 1.29 is 0 Å². The van der Waals surface area contributed by atoms with E-state index in [0.29, 0.717) is 5.41 Å². The maximum absolute atomic E-state index is 2.67. The van der Waals surface area contributed by atoms with Crippen LogP contribution in [0.25, 0.3) is 0 Å². The first-order valence-corrected chi connectivity index (χ1v) is 9.57. The lowest BCUT2D eigenvalue weighted by Crippen LogP contribution is -2.63. The standard InChI is InChI=1S/C20H32N4/c1-18-3-5-19(6-4-18)24-13-11-22(12-14-24)17-23-15-20(16-23)7-9-21(2)10-8-20/h3-6H,7-17H2,1-2H3. The van der Waals surface area contributed by atoms with Crippen molar-refractivity contribution in [1.82, 2.24) is 14.7 Å². The van der Waals surface area contributed by atoms with Gasteiger partial charge in [0.2, 0.25) is 0 Å². The van der Waals surface area contributed by atoms with Crippen LogP contribution in [0, 0.1) is 12.3 Å². The molecule has 0 aromatic heterocycles. The summed E-state index contributed by atoms with van der Waals surface area (Å²) in [4.78, 5) is 10.3. The van der Waals surface area contributed by atoms with Gasteiger partial charge in [0.1, 0.15) is 0 Å². The number of piperazine rings is 1. The zero-order chi connectivity index (χ0) is 16.6. The molecule has 4 rings (SSSR count). The van der Waals surface area contributed by atoms with E-state index in [2.05, 4.69) is 57.8 Å². The summed E-state index contributed by atoms with van der Waals surface area (Å²) < 4.78 is 0. The monoisotopic (exact) mass is 328 g/mol. The number of hydrogen-bond donors (Lipinski definition) is 0. The van der Waals surface area contributed by atoms with Gasteiger partial charge in [0.05, 0.1) is 6.67 Å². The first kappa shape index (κ1) is 16.4. The predicted molar refractivity (Wildman–Crippen MR) is 101 cm³/mol. The average Bonchev–Trinajstić information content (AvgIpc) is 2.57. The van der Waals surface area contributed by atoms with Gasteiger partial charge in [0.25, 0.3) is 0 Å². The van der Waals surface area contributed by atoms with Crippen molar-refractivity contribution in [2.24, 2.45) is 5.41 Å². The Labute approximate surface area is 147 Å². The normalized spacial score (nSPS) is 25.8. The molecule has 3 fully saturated rings. The van der Waals surface area contributed by atoms with Crippen LogP contribution in [0.2, 0.25) is 0 Å². The highest BCUT2D eigenvalue weighted by Gasteiger charge is 2.44. The maximum atomic E-state index is 2.67. The lowest BCUT2D eigenvalue weighted by atomic mass is 9.72. The molecule has 3 heterocycles. The van der Waals surface area contributed by atoms with E-state index < -0.39 is 0 Å². The van der Waals surface area contributed by atoms with Crippen LogP contribution >= 0.6 is 0 Å². The zero-order valence-electron chi connectivity index (χ0n) is 15.4. The lowest BCUT2D eigenvalue weighted by molar-refractivity contribution is -0.0683. The lowest BCUT2D eigenvalue weighted by Gasteiger charge is -2.55. The van der Waals surface area contributed by atoms with E-state index in [1.165, 1.54) is 70.0 Å². The van der Waals surface area contributed by atoms with Gasteiger partial charge < -0.3 is 9.80 Å². The molecule has 0 saturated carbocycles. The molecule has 4 nitrogen and oxygen atoms in total. The molecule has 0 unspecified atom stereocenters. The summed E-state index contributed by atoms with van der Waals surface area (Å²) in [6.07, 6.45) is 2.81. The second-order valence-electron chi connectivity index (χ2n) is 8.37. The van der Waals surface area contributed by atoms with Gasteiger partial charge in [-0.05, 0) is 57.5 Å². The molecule has 132 valence electrons. The average molecular weight is 329 g/mol. The molecular weight excluding hydrogens is 296 g/mol. The number of piperidine rings is 1. The first-order chi connectivity index (χ1) is 11.6. The summed E-state index contributed by atoms with van der Waals surface area (Å²) in [5.74, 6) is 0. The van der Waals surface area contributed by atoms with Crippen LogP contribution in [-0.2, 0) is 0 Å². The Morgan fingerprint density at radius 3 is 2.08 bits per heavy atom. The van der Waals surface area contributed by atoms with Gasteiger partial charge in [-0.3, -0.25) is 9.80 Å². The summed E-state index contributed by atoms with van der Waals surface area (Å²) in [6.45, 7) is 13.3. The van der Waals surface area contributed by atoms with Gasteiger partial charge >= 0.3 is 0 Å². The summed E-state index contributed by atoms with van der Waals surface area (Å²) in [6, 6.07) is 8.99. The first-order valence-electron chi connectivity index (χ1n) is 9.57. The minimum absolute atomic E-state index is 0.663. The molecule has 1 aromatic rings. The Morgan fingerprint density at radius 1 is 0.833 bits per heavy atom. The topological polar surface area (TPSA) is 13.0 Å². The molecule has 1 aromatic carbocycles. The highest BCUT2D eigenvalue weighted by atomic mass is 15.4. The number of rotatable bonds is 3. The van der Waals surface area contributed by atoms with Gasteiger partial charge in [-0.2, -0.15) is 0 Å². The minimum Gasteiger partial charge on any atom is -0.369 e. The van der Waals surface area contributed by atoms with Gasteiger partial charge in [-0.15, -0.1) is 0 Å². The predicted octanol–water partition coefficient (Wildman–Crippen LogP) is 2.10. The van der Waals surface area contributed by atoms with Crippen LogP contribution in [0.5, 0.6) is 0 Å². The number of nitrogens with zero attached hydrogens (tertiary/aromatic N) is 4. The van der Waals surface area contributed by atoms with E-state index in [-0.39, 0.29) is 0 Å². The molecule has 3 aliphatic rings. The molecule has 4 heteroatoms. The summed E-state index contributed by atoms with van der Waals surface area (Å²) in [5, 5.41) is 0. The van der Waals surface area contributed by atoms with Gasteiger partial charge in [0.15, 0.2) is 0 Å². The number of aryl methyl sites for hydroxylation is 1. The minimum atomic E-state index is 0.663. The molecule has 0 N–H and O–H groups in total. The van der Waals surface area contributed by atoms with Crippen LogP contribution in [0.15, 0.2) is 24.3 Å². The van der Waals surface area contributed by atoms with Gasteiger partial charge in [0, 0.05) is 45.0 Å². The Bertz CT molecular complexity index is 531. The van der Waals surface area contributed by atoms with E-state index in [1.807, 2.05) is 0 Å². The van der Waals surface area contributed by atoms with Crippen LogP contribution in [0.3, 0.4) is 0 Å². The fourth-order valence-corrected chi connectivity index (χ4v) is 4.60. The van der Waals surface area contributed by atoms with Crippen molar-refractivity contribution in [3.05, 3.63) is 29.8 Å². The molecular formula is C20H32N4. The summed E-state index contributed by atoms with van der Waals surface area (Å²) in [7, 11) is 2.26. The number of hydrogen-bond acceptors (Lipinski definition) is 4. The van der Waals surface area contributed by atoms with E-state index in [0.717, 1.165) is 13.1 Å². The fraction of sp³-hybridized carbons (Fsp3) is 0.700. The number of benzene rings is 1. The van der Waals surface area contributed by atoms with Crippen LogP contribution in [0.4, 0.5) is 5.69 Å². The largest absolute Gasteiger partial charge is 0.369 e. The molecule has 24 heavy (non-hydrogen) atoms. The van der Waals surface area contributed by atoms with Gasteiger partial charge in [-0.25, -0.2) is 0 Å². The fourth-order valence-electron chi connectivity index (χ4n) is 4.60. The highest BCUT2D eigenvalue weighted by Crippen LogP contribution is 2.40. The smallest absolute Gasteiger partial charge is 0.0508 e. The molecule has 0 radical (unpaired) electrons.